The molecule has 0 bridgehead atoms. The topological polar surface area (TPSA) is 30.0 Å². The molecule has 0 saturated carbocycles. The fraction of sp³-hybridized carbons (Fsp3) is 0.200. The number of aromatic nitrogens is 1. The first-order chi connectivity index (χ1) is 4.34. The lowest BCUT2D eigenvalue weighted by Crippen LogP contribution is -1.87. The smallest absolute Gasteiger partial charge is 0.219 e. The summed E-state index contributed by atoms with van der Waals surface area (Å²) in [7, 11) is 0. The van der Waals surface area contributed by atoms with Crippen LogP contribution in [0, 0.1) is 0 Å². The summed E-state index contributed by atoms with van der Waals surface area (Å²) < 4.78 is 0. The van der Waals surface area contributed by atoms with Crippen molar-refractivity contribution in [2.75, 3.05) is 0 Å². The van der Waals surface area contributed by atoms with E-state index in [1.165, 1.54) is 11.3 Å². The molecule has 0 aliphatic heterocycles. The summed E-state index contributed by atoms with van der Waals surface area (Å²) in [6, 6.07) is 0. The van der Waals surface area contributed by atoms with Crippen LogP contribution in [0.3, 0.4) is 0 Å². The molecule has 0 saturated heterocycles. The quantitative estimate of drug-likeness (QED) is 0.656. The van der Waals surface area contributed by atoms with E-state index < -0.39 is 5.25 Å². The lowest BCUT2D eigenvalue weighted by molar-refractivity contribution is 0.554. The highest BCUT2D eigenvalue weighted by molar-refractivity contribution is 7.81. The van der Waals surface area contributed by atoms with Crippen molar-refractivity contribution in [3.05, 3.63) is 16.6 Å². The SMILES string of the molecule is O=[C]C(S)c1nccs1. The highest BCUT2D eigenvalue weighted by atomic mass is 32.1. The van der Waals surface area contributed by atoms with E-state index in [9.17, 15) is 4.79 Å². The Morgan fingerprint density at radius 1 is 1.89 bits per heavy atom. The summed E-state index contributed by atoms with van der Waals surface area (Å²) in [5, 5.41) is 2.04. The van der Waals surface area contributed by atoms with Crippen LogP contribution in [0.2, 0.25) is 0 Å². The number of hydrogen-bond donors (Lipinski definition) is 1. The summed E-state index contributed by atoms with van der Waals surface area (Å²) in [5.41, 5.74) is 0. The molecule has 0 aliphatic rings. The van der Waals surface area contributed by atoms with E-state index in [2.05, 4.69) is 17.6 Å². The van der Waals surface area contributed by atoms with Gasteiger partial charge < -0.3 is 0 Å². The van der Waals surface area contributed by atoms with Crippen LogP contribution in [0.15, 0.2) is 11.6 Å². The summed E-state index contributed by atoms with van der Waals surface area (Å²) in [4.78, 5) is 13.8. The van der Waals surface area contributed by atoms with Crippen molar-refractivity contribution >= 4 is 30.3 Å². The van der Waals surface area contributed by atoms with Crippen molar-refractivity contribution in [2.45, 2.75) is 5.25 Å². The maximum atomic E-state index is 9.97. The van der Waals surface area contributed by atoms with Gasteiger partial charge in [-0.3, -0.25) is 4.79 Å². The Balaban J connectivity index is 2.76. The largest absolute Gasteiger partial charge is 0.289 e. The van der Waals surface area contributed by atoms with Crippen molar-refractivity contribution in [3.8, 4) is 0 Å². The molecule has 1 rings (SSSR count). The van der Waals surface area contributed by atoms with Gasteiger partial charge in [0.05, 0.1) is 0 Å². The van der Waals surface area contributed by atoms with Gasteiger partial charge in [0, 0.05) is 11.6 Å². The molecular formula is C5H4NOS2. The van der Waals surface area contributed by atoms with E-state index in [0.717, 1.165) is 0 Å². The van der Waals surface area contributed by atoms with E-state index in [1.54, 1.807) is 17.9 Å². The van der Waals surface area contributed by atoms with Gasteiger partial charge in [-0.1, -0.05) is 0 Å². The number of thiazole rings is 1. The van der Waals surface area contributed by atoms with Gasteiger partial charge in [0.15, 0.2) is 0 Å². The van der Waals surface area contributed by atoms with Crippen molar-refractivity contribution < 1.29 is 4.79 Å². The van der Waals surface area contributed by atoms with E-state index in [1.807, 2.05) is 0 Å². The summed E-state index contributed by atoms with van der Waals surface area (Å²) in [6.07, 6.45) is 3.37. The van der Waals surface area contributed by atoms with Gasteiger partial charge in [0.1, 0.15) is 10.3 Å². The second-order valence-electron chi connectivity index (χ2n) is 1.39. The molecule has 0 amide bonds. The average Bonchev–Trinajstić information content (AvgIpc) is 2.37. The van der Waals surface area contributed by atoms with Crippen molar-refractivity contribution in [2.24, 2.45) is 0 Å². The molecular weight excluding hydrogens is 154 g/mol. The molecule has 1 unspecified atom stereocenters. The number of hydrogen-bond acceptors (Lipinski definition) is 4. The number of rotatable bonds is 2. The van der Waals surface area contributed by atoms with Crippen LogP contribution in [-0.4, -0.2) is 11.3 Å². The summed E-state index contributed by atoms with van der Waals surface area (Å²) in [6.45, 7) is 0. The van der Waals surface area contributed by atoms with Gasteiger partial charge in [0.25, 0.3) is 0 Å². The maximum Gasteiger partial charge on any atom is 0.219 e. The summed E-state index contributed by atoms with van der Waals surface area (Å²) in [5.74, 6) is 0. The molecule has 4 heteroatoms. The molecule has 9 heavy (non-hydrogen) atoms. The standard InChI is InChI=1S/C5H4NOS2/c7-3-4(8)5-6-1-2-9-5/h1-2,4,8H. The Bertz CT molecular complexity index is 185. The fourth-order valence-corrected chi connectivity index (χ4v) is 1.23. The third kappa shape index (κ3) is 1.53. The molecule has 1 heterocycles. The molecule has 1 aromatic heterocycles. The number of carbonyl (C=O) groups excluding carboxylic acids is 1. The zero-order valence-electron chi connectivity index (χ0n) is 4.44. The van der Waals surface area contributed by atoms with Crippen LogP contribution >= 0.6 is 24.0 Å². The molecule has 0 fully saturated rings. The van der Waals surface area contributed by atoms with Gasteiger partial charge >= 0.3 is 0 Å². The van der Waals surface area contributed by atoms with E-state index >= 15 is 0 Å². The molecule has 0 aliphatic carbocycles. The van der Waals surface area contributed by atoms with Gasteiger partial charge in [-0.15, -0.1) is 11.3 Å². The minimum atomic E-state index is -0.468. The van der Waals surface area contributed by atoms with Crippen LogP contribution in [0.1, 0.15) is 10.3 Å². The van der Waals surface area contributed by atoms with Crippen molar-refractivity contribution in [1.82, 2.24) is 4.98 Å². The molecule has 1 aromatic rings. The molecule has 47 valence electrons. The Hall–Kier alpha value is -0.350. The molecule has 2 nitrogen and oxygen atoms in total. The van der Waals surface area contributed by atoms with E-state index in [-0.39, 0.29) is 0 Å². The first-order valence-electron chi connectivity index (χ1n) is 2.29. The third-order valence-electron chi connectivity index (χ3n) is 0.797. The van der Waals surface area contributed by atoms with Gasteiger partial charge in [-0.2, -0.15) is 12.6 Å². The first-order valence-corrected chi connectivity index (χ1v) is 3.69. The zero-order valence-corrected chi connectivity index (χ0v) is 6.15. The minimum absolute atomic E-state index is 0.468. The molecule has 0 N–H and O–H groups in total. The van der Waals surface area contributed by atoms with Crippen LogP contribution in [-0.2, 0) is 4.79 Å². The highest BCUT2D eigenvalue weighted by Crippen LogP contribution is 2.18. The molecule has 1 atom stereocenters. The Labute approximate surface area is 62.3 Å². The average molecular weight is 158 g/mol. The Kier molecular flexibility index (Phi) is 2.24. The normalized spacial score (nSPS) is 13.0. The van der Waals surface area contributed by atoms with Gasteiger partial charge in [0.2, 0.25) is 6.29 Å². The van der Waals surface area contributed by atoms with Crippen molar-refractivity contribution in [1.29, 1.82) is 0 Å². The predicted molar refractivity (Wildman–Crippen MR) is 39.5 cm³/mol. The van der Waals surface area contributed by atoms with Gasteiger partial charge in [-0.25, -0.2) is 4.98 Å². The number of nitrogens with zero attached hydrogens (tertiary/aromatic N) is 1. The summed E-state index contributed by atoms with van der Waals surface area (Å²) >= 11 is 5.32. The number of thiol groups is 1. The minimum Gasteiger partial charge on any atom is -0.289 e. The fourth-order valence-electron chi connectivity index (χ4n) is 0.420. The maximum absolute atomic E-state index is 9.97. The highest BCUT2D eigenvalue weighted by Gasteiger charge is 2.06. The lowest BCUT2D eigenvalue weighted by atomic mass is 10.5. The van der Waals surface area contributed by atoms with Crippen LogP contribution < -0.4 is 0 Å². The Morgan fingerprint density at radius 2 is 2.67 bits per heavy atom. The Morgan fingerprint density at radius 3 is 3.11 bits per heavy atom. The zero-order chi connectivity index (χ0) is 6.69. The molecule has 0 aromatic carbocycles. The molecule has 0 spiro atoms. The van der Waals surface area contributed by atoms with Crippen LogP contribution in [0.4, 0.5) is 0 Å². The monoisotopic (exact) mass is 158 g/mol. The second-order valence-corrected chi connectivity index (χ2v) is 2.83. The molecule has 1 radical (unpaired) electrons. The lowest BCUT2D eigenvalue weighted by Gasteiger charge is -1.90. The van der Waals surface area contributed by atoms with Crippen LogP contribution in [0.5, 0.6) is 0 Å². The van der Waals surface area contributed by atoms with Crippen molar-refractivity contribution in [3.63, 3.8) is 0 Å². The van der Waals surface area contributed by atoms with Crippen LogP contribution in [0.25, 0.3) is 0 Å². The third-order valence-corrected chi connectivity index (χ3v) is 2.16. The van der Waals surface area contributed by atoms with Gasteiger partial charge in [-0.05, 0) is 0 Å². The predicted octanol–water partition coefficient (Wildman–Crippen LogP) is 1.22. The first kappa shape index (κ1) is 6.77. The second kappa shape index (κ2) is 2.98. The van der Waals surface area contributed by atoms with E-state index in [0.29, 0.717) is 5.01 Å². The van der Waals surface area contributed by atoms with E-state index in [4.69, 9.17) is 0 Å².